The average Bonchev–Trinajstić information content (AvgIpc) is 3.25. The van der Waals surface area contributed by atoms with Crippen molar-refractivity contribution in [3.05, 3.63) is 36.9 Å². The van der Waals surface area contributed by atoms with Gasteiger partial charge in [0.1, 0.15) is 30.7 Å². The van der Waals surface area contributed by atoms with Gasteiger partial charge in [0.05, 0.1) is 6.54 Å². The van der Waals surface area contributed by atoms with Gasteiger partial charge in [-0.05, 0) is 19.4 Å². The molecule has 9 heteroatoms. The fourth-order valence-electron chi connectivity index (χ4n) is 3.15. The molecule has 8 nitrogen and oxygen atoms in total. The summed E-state index contributed by atoms with van der Waals surface area (Å²) in [7, 11) is 1.73. The Balaban J connectivity index is 1.62. The molecule has 25 heavy (non-hydrogen) atoms. The van der Waals surface area contributed by atoms with Gasteiger partial charge in [0, 0.05) is 38.6 Å². The lowest BCUT2D eigenvalue weighted by molar-refractivity contribution is -0.133. The van der Waals surface area contributed by atoms with Gasteiger partial charge in [0.25, 0.3) is 0 Å². The molecule has 3 heterocycles. The van der Waals surface area contributed by atoms with Gasteiger partial charge in [-0.1, -0.05) is 0 Å². The summed E-state index contributed by atoms with van der Waals surface area (Å²) in [5, 5.41) is 4.01. The second-order valence-corrected chi connectivity index (χ2v) is 6.35. The van der Waals surface area contributed by atoms with Crippen LogP contribution in [0.2, 0.25) is 0 Å². The number of amides is 1. The molecule has 0 saturated carbocycles. The maximum Gasteiger partial charge on any atom is 0.247 e. The van der Waals surface area contributed by atoms with Crippen molar-refractivity contribution >= 4 is 5.91 Å². The van der Waals surface area contributed by atoms with Crippen molar-refractivity contribution in [1.29, 1.82) is 0 Å². The highest BCUT2D eigenvalue weighted by Gasteiger charge is 2.34. The highest BCUT2D eigenvalue weighted by atomic mass is 19.1. The molecule has 3 rings (SSSR count). The zero-order valence-electron chi connectivity index (χ0n) is 14.4. The fourth-order valence-corrected chi connectivity index (χ4v) is 3.15. The minimum atomic E-state index is -0.898. The molecule has 1 aliphatic rings. The molecule has 0 unspecified atom stereocenters. The minimum Gasteiger partial charge on any atom is -0.342 e. The predicted octanol–water partition coefficient (Wildman–Crippen LogP) is 0.700. The molecular formula is C16H22FN7O. The van der Waals surface area contributed by atoms with Gasteiger partial charge in [-0.25, -0.2) is 24.0 Å². The van der Waals surface area contributed by atoms with Crippen LogP contribution in [0.1, 0.15) is 25.2 Å². The first-order valence-corrected chi connectivity index (χ1v) is 8.27. The Labute approximate surface area is 145 Å². The Morgan fingerprint density at radius 3 is 2.88 bits per heavy atom. The molecule has 0 N–H and O–H groups in total. The lowest BCUT2D eigenvalue weighted by atomic mass is 10.2. The number of carbonyl (C=O) groups excluding carboxylic acids is 1. The molecular weight excluding hydrogens is 325 g/mol. The summed E-state index contributed by atoms with van der Waals surface area (Å²) in [6, 6.07) is 1.25. The fraction of sp³-hybridized carbons (Fsp3) is 0.562. The Kier molecular flexibility index (Phi) is 5.32. The Bertz CT molecular complexity index is 681. The first-order valence-electron chi connectivity index (χ1n) is 8.27. The van der Waals surface area contributed by atoms with Crippen LogP contribution in [0.25, 0.3) is 0 Å². The van der Waals surface area contributed by atoms with E-state index in [1.54, 1.807) is 37.3 Å². The Morgan fingerprint density at radius 1 is 1.44 bits per heavy atom. The quantitative estimate of drug-likeness (QED) is 0.765. The molecule has 3 atom stereocenters. The summed E-state index contributed by atoms with van der Waals surface area (Å²) in [5.41, 5.74) is 0. The number of likely N-dealkylation sites (tertiary alicyclic amines) is 1. The third-order valence-electron chi connectivity index (χ3n) is 4.49. The average molecular weight is 347 g/mol. The number of halogens is 1. The van der Waals surface area contributed by atoms with E-state index in [1.807, 2.05) is 4.90 Å². The number of carbonyl (C=O) groups is 1. The van der Waals surface area contributed by atoms with Crippen LogP contribution >= 0.6 is 0 Å². The first kappa shape index (κ1) is 17.4. The standard InChI is InChI=1S/C16H22FN7O/c1-12(24-11-18-10-21-24)16(25)22(2)8-14-6-13(17)7-23(14)9-15-19-4-3-5-20-15/h3-5,10-14H,6-9H2,1-2H3/t12-,13+,14+/m1/s1. The van der Waals surface area contributed by atoms with Crippen LogP contribution in [0.15, 0.2) is 31.1 Å². The zero-order chi connectivity index (χ0) is 17.8. The third kappa shape index (κ3) is 4.16. The van der Waals surface area contributed by atoms with Crippen molar-refractivity contribution in [3.8, 4) is 0 Å². The van der Waals surface area contributed by atoms with Crippen LogP contribution in [-0.2, 0) is 11.3 Å². The van der Waals surface area contributed by atoms with E-state index >= 15 is 0 Å². The SMILES string of the molecule is C[C@H](C(=O)N(C)C[C@@H]1C[C@H](F)CN1Cc1ncccn1)n1cncn1. The van der Waals surface area contributed by atoms with E-state index in [-0.39, 0.29) is 11.9 Å². The summed E-state index contributed by atoms with van der Waals surface area (Å²) in [6.45, 7) is 3.04. The molecule has 0 spiro atoms. The van der Waals surface area contributed by atoms with Gasteiger partial charge >= 0.3 is 0 Å². The Morgan fingerprint density at radius 2 is 2.20 bits per heavy atom. The van der Waals surface area contributed by atoms with Gasteiger partial charge in [0.15, 0.2) is 0 Å². The normalized spacial score (nSPS) is 22.0. The maximum atomic E-state index is 14.0. The van der Waals surface area contributed by atoms with Crippen LogP contribution in [0, 0.1) is 0 Å². The van der Waals surface area contributed by atoms with Crippen molar-refractivity contribution < 1.29 is 9.18 Å². The summed E-state index contributed by atoms with van der Waals surface area (Å²) in [6.07, 6.45) is 5.77. The second-order valence-electron chi connectivity index (χ2n) is 6.35. The molecule has 2 aromatic heterocycles. The minimum absolute atomic E-state index is 0.0595. The molecule has 1 amide bonds. The van der Waals surface area contributed by atoms with Gasteiger partial charge in [-0.15, -0.1) is 0 Å². The van der Waals surface area contributed by atoms with Gasteiger partial charge in [-0.2, -0.15) is 5.10 Å². The van der Waals surface area contributed by atoms with Crippen LogP contribution in [-0.4, -0.2) is 72.8 Å². The van der Waals surface area contributed by atoms with E-state index in [2.05, 4.69) is 20.1 Å². The molecule has 2 aromatic rings. The highest BCUT2D eigenvalue weighted by Crippen LogP contribution is 2.23. The maximum absolute atomic E-state index is 14.0. The van der Waals surface area contributed by atoms with Crippen LogP contribution in [0.4, 0.5) is 4.39 Å². The lowest BCUT2D eigenvalue weighted by Gasteiger charge is -2.29. The van der Waals surface area contributed by atoms with Crippen molar-refractivity contribution in [3.63, 3.8) is 0 Å². The molecule has 134 valence electrons. The third-order valence-corrected chi connectivity index (χ3v) is 4.49. The summed E-state index contributed by atoms with van der Waals surface area (Å²) in [4.78, 5) is 28.5. The smallest absolute Gasteiger partial charge is 0.247 e. The van der Waals surface area contributed by atoms with Crippen molar-refractivity contribution in [2.45, 2.75) is 38.1 Å². The zero-order valence-corrected chi connectivity index (χ0v) is 14.4. The van der Waals surface area contributed by atoms with Crippen molar-refractivity contribution in [1.82, 2.24) is 34.5 Å². The van der Waals surface area contributed by atoms with E-state index < -0.39 is 12.2 Å². The van der Waals surface area contributed by atoms with E-state index in [9.17, 15) is 9.18 Å². The molecule has 1 saturated heterocycles. The van der Waals surface area contributed by atoms with E-state index in [0.29, 0.717) is 31.9 Å². The molecule has 1 aliphatic heterocycles. The van der Waals surface area contributed by atoms with Crippen LogP contribution < -0.4 is 0 Å². The van der Waals surface area contributed by atoms with E-state index in [0.717, 1.165) is 0 Å². The predicted molar refractivity (Wildman–Crippen MR) is 88.1 cm³/mol. The number of nitrogens with zero attached hydrogens (tertiary/aromatic N) is 7. The Hall–Kier alpha value is -2.42. The molecule has 0 aliphatic carbocycles. The first-order chi connectivity index (χ1) is 12.0. The molecule has 0 radical (unpaired) electrons. The topological polar surface area (TPSA) is 80.0 Å². The number of aromatic nitrogens is 5. The largest absolute Gasteiger partial charge is 0.342 e. The number of rotatable bonds is 6. The monoisotopic (exact) mass is 347 g/mol. The van der Waals surface area contributed by atoms with Gasteiger partial charge in [0.2, 0.25) is 5.91 Å². The van der Waals surface area contributed by atoms with Gasteiger partial charge in [-0.3, -0.25) is 9.69 Å². The second kappa shape index (κ2) is 7.64. The van der Waals surface area contributed by atoms with Crippen LogP contribution in [0.3, 0.4) is 0 Å². The lowest BCUT2D eigenvalue weighted by Crippen LogP contribution is -2.43. The molecule has 0 aromatic carbocycles. The number of hydrogen-bond donors (Lipinski definition) is 0. The van der Waals surface area contributed by atoms with E-state index in [1.165, 1.54) is 17.3 Å². The van der Waals surface area contributed by atoms with Gasteiger partial charge < -0.3 is 4.90 Å². The van der Waals surface area contributed by atoms with Crippen LogP contribution in [0.5, 0.6) is 0 Å². The molecule has 1 fully saturated rings. The number of alkyl halides is 1. The summed E-state index contributed by atoms with van der Waals surface area (Å²) in [5.74, 6) is 0.579. The van der Waals surface area contributed by atoms with Crippen molar-refractivity contribution in [2.24, 2.45) is 0 Å². The number of hydrogen-bond acceptors (Lipinski definition) is 6. The van der Waals surface area contributed by atoms with Crippen molar-refractivity contribution in [2.75, 3.05) is 20.1 Å². The highest BCUT2D eigenvalue weighted by molar-refractivity contribution is 5.79. The van der Waals surface area contributed by atoms with E-state index in [4.69, 9.17) is 0 Å². The molecule has 0 bridgehead atoms. The summed E-state index contributed by atoms with van der Waals surface area (Å²) < 4.78 is 15.5. The number of likely N-dealkylation sites (N-methyl/N-ethyl adjacent to an activating group) is 1. The summed E-state index contributed by atoms with van der Waals surface area (Å²) >= 11 is 0.